The van der Waals surface area contributed by atoms with Crippen LogP contribution >= 0.6 is 0 Å². The van der Waals surface area contributed by atoms with Crippen molar-refractivity contribution in [2.75, 3.05) is 33.4 Å². The van der Waals surface area contributed by atoms with Crippen LogP contribution in [0, 0.1) is 0 Å². The monoisotopic (exact) mass is 369 g/mol. The molecular formula is C19H19N3O5. The molecule has 1 N–H and O–H groups in total. The van der Waals surface area contributed by atoms with Crippen molar-refractivity contribution in [2.45, 2.75) is 6.54 Å². The third kappa shape index (κ3) is 2.99. The van der Waals surface area contributed by atoms with Crippen LogP contribution in [0.1, 0.15) is 5.56 Å². The Morgan fingerprint density at radius 3 is 2.63 bits per heavy atom. The molecule has 27 heavy (non-hydrogen) atoms. The van der Waals surface area contributed by atoms with Crippen LogP contribution in [-0.2, 0) is 6.54 Å². The number of hydrogen-bond acceptors (Lipinski definition) is 8. The predicted molar refractivity (Wildman–Crippen MR) is 99.1 cm³/mol. The highest BCUT2D eigenvalue weighted by Gasteiger charge is 2.19. The molecule has 1 aliphatic heterocycles. The van der Waals surface area contributed by atoms with Crippen molar-refractivity contribution in [2.24, 2.45) is 0 Å². The third-order valence-corrected chi connectivity index (χ3v) is 4.36. The van der Waals surface area contributed by atoms with Gasteiger partial charge in [0.05, 0.1) is 26.7 Å². The Morgan fingerprint density at radius 2 is 1.85 bits per heavy atom. The molecule has 2 aromatic carbocycles. The van der Waals surface area contributed by atoms with E-state index in [0.29, 0.717) is 35.1 Å². The Kier molecular flexibility index (Phi) is 4.45. The molecule has 8 nitrogen and oxygen atoms in total. The van der Waals surface area contributed by atoms with E-state index in [1.165, 1.54) is 6.33 Å². The van der Waals surface area contributed by atoms with Crippen molar-refractivity contribution in [3.05, 3.63) is 36.2 Å². The van der Waals surface area contributed by atoms with Gasteiger partial charge in [-0.2, -0.15) is 0 Å². The van der Waals surface area contributed by atoms with E-state index in [-0.39, 0.29) is 6.79 Å². The number of nitrogens with one attached hydrogen (secondary N) is 1. The van der Waals surface area contributed by atoms with Crippen molar-refractivity contribution < 1.29 is 23.7 Å². The summed E-state index contributed by atoms with van der Waals surface area (Å²) < 4.78 is 27.2. The Hall–Kier alpha value is -3.42. The molecule has 0 atom stereocenters. The van der Waals surface area contributed by atoms with Gasteiger partial charge in [0.2, 0.25) is 12.5 Å². The lowest BCUT2D eigenvalue weighted by atomic mass is 10.1. The first-order valence-electron chi connectivity index (χ1n) is 8.31. The highest BCUT2D eigenvalue weighted by Crippen LogP contribution is 2.43. The largest absolute Gasteiger partial charge is 0.493 e. The molecule has 1 aromatic heterocycles. The first-order chi connectivity index (χ1) is 13.2. The smallest absolute Gasteiger partial charge is 0.230 e. The van der Waals surface area contributed by atoms with Gasteiger partial charge in [0.25, 0.3) is 0 Å². The SMILES string of the molecule is COc1cc2c(NCc3ccc4cc3OCO4)ncnc2c(OC)c1OC. The number of anilines is 1. The van der Waals surface area contributed by atoms with Crippen molar-refractivity contribution in [1.29, 1.82) is 0 Å². The average Bonchev–Trinajstić information content (AvgIpc) is 2.71. The Morgan fingerprint density at radius 1 is 1.00 bits per heavy atom. The molecule has 140 valence electrons. The first-order valence-corrected chi connectivity index (χ1v) is 8.31. The van der Waals surface area contributed by atoms with E-state index in [0.717, 1.165) is 22.4 Å². The summed E-state index contributed by atoms with van der Waals surface area (Å²) in [6, 6.07) is 7.58. The maximum atomic E-state index is 5.54. The number of hydrogen-bond donors (Lipinski definition) is 1. The zero-order valence-electron chi connectivity index (χ0n) is 15.2. The fraction of sp³-hybridized carbons (Fsp3) is 0.263. The molecule has 0 saturated heterocycles. The summed E-state index contributed by atoms with van der Waals surface area (Å²) in [5.74, 6) is 3.78. The fourth-order valence-electron chi connectivity index (χ4n) is 3.05. The Labute approximate surface area is 156 Å². The molecule has 3 aromatic rings. The molecule has 8 heteroatoms. The van der Waals surface area contributed by atoms with Gasteiger partial charge in [-0.25, -0.2) is 9.97 Å². The number of fused-ring (bicyclic) bond motifs is 3. The van der Waals surface area contributed by atoms with E-state index in [4.69, 9.17) is 23.7 Å². The van der Waals surface area contributed by atoms with Gasteiger partial charge in [0, 0.05) is 18.2 Å². The van der Waals surface area contributed by atoms with Crippen molar-refractivity contribution in [3.63, 3.8) is 0 Å². The van der Waals surface area contributed by atoms with Crippen molar-refractivity contribution in [1.82, 2.24) is 9.97 Å². The third-order valence-electron chi connectivity index (χ3n) is 4.36. The van der Waals surface area contributed by atoms with E-state index in [2.05, 4.69) is 15.3 Å². The normalized spacial score (nSPS) is 12.1. The van der Waals surface area contributed by atoms with Crippen LogP contribution in [0.2, 0.25) is 0 Å². The van der Waals surface area contributed by atoms with Crippen LogP contribution < -0.4 is 29.0 Å². The van der Waals surface area contributed by atoms with Gasteiger partial charge in [-0.05, 0) is 18.2 Å². The molecular weight excluding hydrogens is 350 g/mol. The van der Waals surface area contributed by atoms with Crippen LogP contribution in [0.5, 0.6) is 28.7 Å². The lowest BCUT2D eigenvalue weighted by Crippen LogP contribution is -2.13. The van der Waals surface area contributed by atoms with E-state index < -0.39 is 0 Å². The second-order valence-corrected chi connectivity index (χ2v) is 5.79. The van der Waals surface area contributed by atoms with Gasteiger partial charge in [-0.3, -0.25) is 0 Å². The highest BCUT2D eigenvalue weighted by atomic mass is 16.7. The number of benzene rings is 2. The predicted octanol–water partition coefficient (Wildman–Crippen LogP) is 3.00. The average molecular weight is 369 g/mol. The summed E-state index contributed by atoms with van der Waals surface area (Å²) in [4.78, 5) is 8.73. The van der Waals surface area contributed by atoms with E-state index in [1.807, 2.05) is 24.3 Å². The van der Waals surface area contributed by atoms with Gasteiger partial charge < -0.3 is 29.0 Å². The standard InChI is InChI=1S/C19H19N3O5/c1-23-15-7-13-16(18(25-3)17(15)24-2)21-9-22-19(13)20-8-11-4-5-12-6-14(11)27-10-26-12/h4-7,9H,8,10H2,1-3H3,(H,20,21,22). The molecule has 0 spiro atoms. The minimum Gasteiger partial charge on any atom is -0.493 e. The molecule has 0 fully saturated rings. The molecule has 0 unspecified atom stereocenters. The topological polar surface area (TPSA) is 84.0 Å². The van der Waals surface area contributed by atoms with Gasteiger partial charge in [0.1, 0.15) is 29.2 Å². The zero-order chi connectivity index (χ0) is 18.8. The van der Waals surface area contributed by atoms with Gasteiger partial charge >= 0.3 is 0 Å². The summed E-state index contributed by atoms with van der Waals surface area (Å²) in [6.07, 6.45) is 1.48. The Balaban J connectivity index is 1.72. The molecule has 1 aliphatic rings. The molecule has 0 saturated carbocycles. The number of methoxy groups -OCH3 is 3. The van der Waals surface area contributed by atoms with Crippen molar-refractivity contribution in [3.8, 4) is 28.7 Å². The summed E-state index contributed by atoms with van der Waals surface area (Å²) in [5, 5.41) is 4.10. The van der Waals surface area contributed by atoms with Gasteiger partial charge in [0.15, 0.2) is 11.5 Å². The van der Waals surface area contributed by atoms with Gasteiger partial charge in [-0.15, -0.1) is 0 Å². The van der Waals surface area contributed by atoms with Crippen LogP contribution in [0.3, 0.4) is 0 Å². The van der Waals surface area contributed by atoms with Crippen LogP contribution in [0.15, 0.2) is 30.6 Å². The van der Waals surface area contributed by atoms with Crippen molar-refractivity contribution >= 4 is 16.7 Å². The number of aromatic nitrogens is 2. The van der Waals surface area contributed by atoms with Gasteiger partial charge in [-0.1, -0.05) is 0 Å². The summed E-state index contributed by atoms with van der Waals surface area (Å²) in [6.45, 7) is 0.748. The zero-order valence-corrected chi connectivity index (χ0v) is 15.2. The maximum absolute atomic E-state index is 5.54. The first kappa shape index (κ1) is 17.0. The highest BCUT2D eigenvalue weighted by molar-refractivity contribution is 5.96. The van der Waals surface area contributed by atoms with E-state index >= 15 is 0 Å². The minimum atomic E-state index is 0.222. The minimum absolute atomic E-state index is 0.222. The second-order valence-electron chi connectivity index (χ2n) is 5.79. The molecule has 0 amide bonds. The molecule has 4 rings (SSSR count). The molecule has 0 aliphatic carbocycles. The van der Waals surface area contributed by atoms with Crippen LogP contribution in [0.25, 0.3) is 10.9 Å². The molecule has 2 heterocycles. The quantitative estimate of drug-likeness (QED) is 0.710. The number of nitrogens with zero attached hydrogens (tertiary/aromatic N) is 2. The number of rotatable bonds is 6. The summed E-state index contributed by atoms with van der Waals surface area (Å²) >= 11 is 0. The van der Waals surface area contributed by atoms with Crippen LogP contribution in [-0.4, -0.2) is 38.1 Å². The van der Waals surface area contributed by atoms with E-state index in [1.54, 1.807) is 21.3 Å². The lowest BCUT2D eigenvalue weighted by Gasteiger charge is -2.19. The maximum Gasteiger partial charge on any atom is 0.230 e. The Bertz CT molecular complexity index is 993. The lowest BCUT2D eigenvalue weighted by molar-refractivity contribution is 0.104. The summed E-state index contributed by atoms with van der Waals surface area (Å²) in [5.41, 5.74) is 1.63. The fourth-order valence-corrected chi connectivity index (χ4v) is 3.05. The molecule has 0 radical (unpaired) electrons. The van der Waals surface area contributed by atoms with E-state index in [9.17, 15) is 0 Å². The van der Waals surface area contributed by atoms with Crippen LogP contribution in [0.4, 0.5) is 5.82 Å². The number of ether oxygens (including phenoxy) is 5. The molecule has 2 bridgehead atoms. The second kappa shape index (κ2) is 7.06. The summed E-state index contributed by atoms with van der Waals surface area (Å²) in [7, 11) is 4.70.